The van der Waals surface area contributed by atoms with E-state index >= 15 is 0 Å². The SMILES string of the molecule is CC(C)CNC(=O)[C@H](C)N(Cc1cccc(Br)c1)C(=O)Cc1ccccc1F. The molecular weight excluding hydrogens is 423 g/mol. The fourth-order valence-electron chi connectivity index (χ4n) is 2.77. The van der Waals surface area contributed by atoms with Crippen molar-refractivity contribution in [1.82, 2.24) is 10.2 Å². The molecule has 0 unspecified atom stereocenters. The number of hydrogen-bond acceptors (Lipinski definition) is 2. The molecule has 2 rings (SSSR count). The Bertz CT molecular complexity index is 826. The number of amides is 2. The standard InChI is InChI=1S/C22H26BrFN2O2/c1-15(2)13-25-22(28)16(3)26(14-17-7-6-9-19(23)11-17)21(27)12-18-8-4-5-10-20(18)24/h4-11,15-16H,12-14H2,1-3H3,(H,25,28)/t16-/m0/s1. The summed E-state index contributed by atoms with van der Waals surface area (Å²) in [4.78, 5) is 27.1. The topological polar surface area (TPSA) is 49.4 Å². The molecular formula is C22H26BrFN2O2. The lowest BCUT2D eigenvalue weighted by Crippen LogP contribution is -2.48. The average Bonchev–Trinajstić information content (AvgIpc) is 2.65. The molecule has 150 valence electrons. The molecule has 2 aromatic carbocycles. The van der Waals surface area contributed by atoms with Crippen molar-refractivity contribution >= 4 is 27.7 Å². The number of halogens is 2. The summed E-state index contributed by atoms with van der Waals surface area (Å²) in [5, 5.41) is 2.87. The molecule has 2 aromatic rings. The molecule has 0 aliphatic rings. The zero-order valence-corrected chi connectivity index (χ0v) is 18.0. The molecule has 6 heteroatoms. The van der Waals surface area contributed by atoms with Crippen LogP contribution in [-0.4, -0.2) is 29.3 Å². The van der Waals surface area contributed by atoms with Crippen LogP contribution in [0.5, 0.6) is 0 Å². The minimum atomic E-state index is -0.669. The van der Waals surface area contributed by atoms with Crippen molar-refractivity contribution in [2.75, 3.05) is 6.54 Å². The van der Waals surface area contributed by atoms with Gasteiger partial charge in [-0.2, -0.15) is 0 Å². The van der Waals surface area contributed by atoms with Crippen molar-refractivity contribution in [2.45, 2.75) is 39.8 Å². The number of nitrogens with zero attached hydrogens (tertiary/aromatic N) is 1. The van der Waals surface area contributed by atoms with Crippen molar-refractivity contribution in [2.24, 2.45) is 5.92 Å². The number of carbonyl (C=O) groups is 2. The highest BCUT2D eigenvalue weighted by atomic mass is 79.9. The van der Waals surface area contributed by atoms with E-state index in [1.54, 1.807) is 25.1 Å². The highest BCUT2D eigenvalue weighted by Crippen LogP contribution is 2.17. The minimum Gasteiger partial charge on any atom is -0.354 e. The predicted molar refractivity (Wildman–Crippen MR) is 112 cm³/mol. The van der Waals surface area contributed by atoms with Gasteiger partial charge in [0.1, 0.15) is 11.9 Å². The Morgan fingerprint density at radius 3 is 2.46 bits per heavy atom. The van der Waals surface area contributed by atoms with Gasteiger partial charge in [0.05, 0.1) is 6.42 Å². The van der Waals surface area contributed by atoms with Crippen LogP contribution >= 0.6 is 15.9 Å². The van der Waals surface area contributed by atoms with Crippen LogP contribution in [0.25, 0.3) is 0 Å². The molecule has 0 aromatic heterocycles. The molecule has 0 bridgehead atoms. The molecule has 0 saturated carbocycles. The second kappa shape index (κ2) is 10.4. The smallest absolute Gasteiger partial charge is 0.242 e. The molecule has 0 heterocycles. The van der Waals surface area contributed by atoms with Crippen LogP contribution in [0.3, 0.4) is 0 Å². The lowest BCUT2D eigenvalue weighted by molar-refractivity contribution is -0.140. The predicted octanol–water partition coefficient (Wildman–Crippen LogP) is 4.32. The van der Waals surface area contributed by atoms with Gasteiger partial charge in [-0.05, 0) is 42.2 Å². The van der Waals surface area contributed by atoms with Gasteiger partial charge in [-0.15, -0.1) is 0 Å². The number of hydrogen-bond donors (Lipinski definition) is 1. The average molecular weight is 449 g/mol. The van der Waals surface area contributed by atoms with Crippen LogP contribution in [0.1, 0.15) is 31.9 Å². The quantitative estimate of drug-likeness (QED) is 0.653. The number of rotatable bonds is 8. The van der Waals surface area contributed by atoms with Gasteiger partial charge in [0.2, 0.25) is 11.8 Å². The summed E-state index contributed by atoms with van der Waals surface area (Å²) in [6, 6.07) is 13.1. The van der Waals surface area contributed by atoms with Gasteiger partial charge >= 0.3 is 0 Å². The number of benzene rings is 2. The van der Waals surface area contributed by atoms with E-state index in [1.807, 2.05) is 38.1 Å². The summed E-state index contributed by atoms with van der Waals surface area (Å²) in [5.41, 5.74) is 1.21. The molecule has 0 aliphatic heterocycles. The van der Waals surface area contributed by atoms with Crippen molar-refractivity contribution in [1.29, 1.82) is 0 Å². The Balaban J connectivity index is 2.22. The van der Waals surface area contributed by atoms with Crippen LogP contribution in [0.15, 0.2) is 53.0 Å². The minimum absolute atomic E-state index is 0.0948. The summed E-state index contributed by atoms with van der Waals surface area (Å²) in [6.07, 6.45) is -0.0948. The van der Waals surface area contributed by atoms with Gasteiger partial charge in [0, 0.05) is 17.6 Å². The first kappa shape index (κ1) is 22.1. The van der Waals surface area contributed by atoms with Crippen LogP contribution in [0, 0.1) is 11.7 Å². The van der Waals surface area contributed by atoms with Crippen LogP contribution < -0.4 is 5.32 Å². The first-order chi connectivity index (χ1) is 13.3. The van der Waals surface area contributed by atoms with Gasteiger partial charge < -0.3 is 10.2 Å². The Morgan fingerprint density at radius 1 is 1.11 bits per heavy atom. The van der Waals surface area contributed by atoms with E-state index in [0.29, 0.717) is 18.0 Å². The van der Waals surface area contributed by atoms with Gasteiger partial charge in [-0.3, -0.25) is 9.59 Å². The Hall–Kier alpha value is -2.21. The van der Waals surface area contributed by atoms with E-state index in [2.05, 4.69) is 21.2 Å². The third kappa shape index (κ3) is 6.44. The summed E-state index contributed by atoms with van der Waals surface area (Å²) in [7, 11) is 0. The van der Waals surface area contributed by atoms with E-state index in [1.165, 1.54) is 11.0 Å². The molecule has 0 saturated heterocycles. The van der Waals surface area contributed by atoms with E-state index in [-0.39, 0.29) is 24.8 Å². The second-order valence-electron chi connectivity index (χ2n) is 7.23. The van der Waals surface area contributed by atoms with Gasteiger partial charge in [-0.25, -0.2) is 4.39 Å². The van der Waals surface area contributed by atoms with Crippen molar-refractivity contribution in [3.8, 4) is 0 Å². The van der Waals surface area contributed by atoms with Crippen molar-refractivity contribution < 1.29 is 14.0 Å². The molecule has 0 aliphatic carbocycles. The van der Waals surface area contributed by atoms with Gasteiger partial charge in [0.15, 0.2) is 0 Å². The molecule has 2 amide bonds. The summed E-state index contributed by atoms with van der Waals surface area (Å²) in [6.45, 7) is 6.52. The van der Waals surface area contributed by atoms with E-state index in [0.717, 1.165) is 10.0 Å². The summed E-state index contributed by atoms with van der Waals surface area (Å²) in [5.74, 6) is -0.623. The molecule has 28 heavy (non-hydrogen) atoms. The number of nitrogens with one attached hydrogen (secondary N) is 1. The van der Waals surface area contributed by atoms with Crippen molar-refractivity contribution in [3.63, 3.8) is 0 Å². The van der Waals surface area contributed by atoms with E-state index in [9.17, 15) is 14.0 Å². The van der Waals surface area contributed by atoms with Gasteiger partial charge in [-0.1, -0.05) is 60.1 Å². The fourth-order valence-corrected chi connectivity index (χ4v) is 3.22. The molecule has 4 nitrogen and oxygen atoms in total. The maximum atomic E-state index is 14.0. The Kier molecular flexibility index (Phi) is 8.18. The third-order valence-corrected chi connectivity index (χ3v) is 4.89. The Morgan fingerprint density at radius 2 is 1.82 bits per heavy atom. The lowest BCUT2D eigenvalue weighted by Gasteiger charge is -2.29. The van der Waals surface area contributed by atoms with Crippen molar-refractivity contribution in [3.05, 3.63) is 69.9 Å². The highest BCUT2D eigenvalue weighted by Gasteiger charge is 2.26. The summed E-state index contributed by atoms with van der Waals surface area (Å²) < 4.78 is 14.9. The molecule has 1 atom stereocenters. The third-order valence-electron chi connectivity index (χ3n) is 4.39. The lowest BCUT2D eigenvalue weighted by atomic mass is 10.1. The molecule has 1 N–H and O–H groups in total. The maximum Gasteiger partial charge on any atom is 0.242 e. The largest absolute Gasteiger partial charge is 0.354 e. The zero-order chi connectivity index (χ0) is 20.7. The first-order valence-electron chi connectivity index (χ1n) is 9.33. The van der Waals surface area contributed by atoms with Crippen LogP contribution in [0.4, 0.5) is 4.39 Å². The summed E-state index contributed by atoms with van der Waals surface area (Å²) >= 11 is 3.43. The zero-order valence-electron chi connectivity index (χ0n) is 16.4. The van der Waals surface area contributed by atoms with Gasteiger partial charge in [0.25, 0.3) is 0 Å². The molecule has 0 radical (unpaired) electrons. The maximum absolute atomic E-state index is 14.0. The fraction of sp³-hybridized carbons (Fsp3) is 0.364. The number of carbonyl (C=O) groups excluding carboxylic acids is 2. The first-order valence-corrected chi connectivity index (χ1v) is 10.1. The van der Waals surface area contributed by atoms with E-state index < -0.39 is 11.9 Å². The normalized spacial score (nSPS) is 11.9. The molecule has 0 spiro atoms. The monoisotopic (exact) mass is 448 g/mol. The molecule has 0 fully saturated rings. The second-order valence-corrected chi connectivity index (χ2v) is 8.15. The highest BCUT2D eigenvalue weighted by molar-refractivity contribution is 9.10. The van der Waals surface area contributed by atoms with E-state index in [4.69, 9.17) is 0 Å². The Labute approximate surface area is 174 Å². The van der Waals surface area contributed by atoms with Crippen LogP contribution in [-0.2, 0) is 22.6 Å². The van der Waals surface area contributed by atoms with Crippen LogP contribution in [0.2, 0.25) is 0 Å².